The first kappa shape index (κ1) is 24.6. The number of fused-ring (bicyclic) bond motifs is 3. The number of aryl methyl sites for hydroxylation is 3. The molecule has 0 aliphatic heterocycles. The maximum Gasteiger partial charge on any atom is 0.269 e. The number of sulfonamides is 1. The number of benzene rings is 2. The minimum Gasteiger partial charge on any atom is -0.382 e. The molecule has 0 aliphatic carbocycles. The number of para-hydroxylation sites is 1. The zero-order valence-electron chi connectivity index (χ0n) is 19.5. The summed E-state index contributed by atoms with van der Waals surface area (Å²) in [6.07, 6.45) is 4.47. The van der Waals surface area contributed by atoms with Crippen LogP contribution in [0.15, 0.2) is 47.4 Å². The number of nitrogens with zero attached hydrogens (tertiary/aromatic N) is 4. The molecule has 11 heteroatoms. The average Bonchev–Trinajstić information content (AvgIpc) is 3.19. The number of nitrogens with two attached hydrogens (primary N) is 2. The number of anilines is 1. The van der Waals surface area contributed by atoms with Gasteiger partial charge in [-0.15, -0.1) is 0 Å². The molecule has 4 rings (SSSR count). The van der Waals surface area contributed by atoms with E-state index in [0.717, 1.165) is 47.6 Å². The lowest BCUT2D eigenvalue weighted by Gasteiger charge is -2.12. The Balaban J connectivity index is 1.64. The van der Waals surface area contributed by atoms with Crippen molar-refractivity contribution in [2.75, 3.05) is 5.73 Å². The fourth-order valence-corrected chi connectivity index (χ4v) is 5.19. The van der Waals surface area contributed by atoms with Crippen LogP contribution in [0.1, 0.15) is 44.0 Å². The molecule has 0 saturated heterocycles. The summed E-state index contributed by atoms with van der Waals surface area (Å²) in [5.41, 5.74) is 8.87. The van der Waals surface area contributed by atoms with Gasteiger partial charge in [0.05, 0.1) is 20.9 Å². The van der Waals surface area contributed by atoms with Crippen molar-refractivity contribution in [1.82, 2.24) is 14.5 Å². The number of imidazole rings is 1. The summed E-state index contributed by atoms with van der Waals surface area (Å²) in [5.74, 6) is 1.33. The third-order valence-corrected chi connectivity index (χ3v) is 7.09. The van der Waals surface area contributed by atoms with E-state index in [-0.39, 0.29) is 10.6 Å². The maximum atomic E-state index is 12.0. The SMILES string of the molecule is CCCCc1nc2c(N)nc3ccccc3c2n1CCCCc1cc([N+](=O)[O-])ccc1S(N)(=O)=O. The highest BCUT2D eigenvalue weighted by Crippen LogP contribution is 2.30. The van der Waals surface area contributed by atoms with E-state index >= 15 is 0 Å². The fraction of sp³-hybridized carbons (Fsp3) is 0.333. The molecule has 0 spiro atoms. The molecule has 0 atom stereocenters. The molecule has 35 heavy (non-hydrogen) atoms. The van der Waals surface area contributed by atoms with Crippen molar-refractivity contribution >= 4 is 43.5 Å². The van der Waals surface area contributed by atoms with Gasteiger partial charge in [-0.1, -0.05) is 31.5 Å². The average molecular weight is 497 g/mol. The number of primary sulfonamides is 1. The standard InChI is InChI=1S/C24H28N6O4S/c1-2-3-11-21-28-22-23(18-9-4-5-10-19(18)27-24(22)25)29(21)14-7-6-8-16-15-17(30(31)32)12-13-20(16)35(26,33)34/h4-5,9-10,12-13,15H,2-3,6-8,11,14H2,1H3,(H2,25,27)(H2,26,33,34). The van der Waals surface area contributed by atoms with Gasteiger partial charge in [0.25, 0.3) is 5.69 Å². The number of nitrogen functional groups attached to an aromatic ring is 1. The van der Waals surface area contributed by atoms with Crippen LogP contribution in [0, 0.1) is 10.1 Å². The Kier molecular flexibility index (Phi) is 6.99. The molecule has 2 aromatic heterocycles. The Labute approximate surface area is 203 Å². The highest BCUT2D eigenvalue weighted by molar-refractivity contribution is 7.89. The number of rotatable bonds is 10. The fourth-order valence-electron chi connectivity index (χ4n) is 4.41. The van der Waals surface area contributed by atoms with Crippen LogP contribution in [0.5, 0.6) is 0 Å². The van der Waals surface area contributed by atoms with Gasteiger partial charge in [0.2, 0.25) is 10.0 Å². The van der Waals surface area contributed by atoms with Crippen LogP contribution in [-0.2, 0) is 29.4 Å². The van der Waals surface area contributed by atoms with Gasteiger partial charge in [-0.2, -0.15) is 0 Å². The lowest BCUT2D eigenvalue weighted by Crippen LogP contribution is -2.15. The molecule has 2 heterocycles. The van der Waals surface area contributed by atoms with Crippen molar-refractivity contribution in [2.24, 2.45) is 5.14 Å². The van der Waals surface area contributed by atoms with E-state index in [1.54, 1.807) is 0 Å². The predicted molar refractivity (Wildman–Crippen MR) is 135 cm³/mol. The minimum absolute atomic E-state index is 0.0790. The van der Waals surface area contributed by atoms with Gasteiger partial charge in [0.15, 0.2) is 5.82 Å². The summed E-state index contributed by atoms with van der Waals surface area (Å²) in [7, 11) is -3.99. The van der Waals surface area contributed by atoms with Crippen LogP contribution >= 0.6 is 0 Å². The highest BCUT2D eigenvalue weighted by atomic mass is 32.2. The van der Waals surface area contributed by atoms with Crippen molar-refractivity contribution in [3.8, 4) is 0 Å². The number of aromatic nitrogens is 3. The number of hydrogen-bond donors (Lipinski definition) is 2. The van der Waals surface area contributed by atoms with E-state index in [0.29, 0.717) is 42.7 Å². The first-order valence-corrected chi connectivity index (χ1v) is 13.1. The summed E-state index contributed by atoms with van der Waals surface area (Å²) in [5, 5.41) is 17.5. The van der Waals surface area contributed by atoms with Gasteiger partial charge in [-0.25, -0.2) is 23.5 Å². The maximum absolute atomic E-state index is 12.0. The van der Waals surface area contributed by atoms with Gasteiger partial charge in [0, 0.05) is 30.5 Å². The molecule has 2 aromatic carbocycles. The first-order chi connectivity index (χ1) is 16.7. The lowest BCUT2D eigenvalue weighted by atomic mass is 10.1. The van der Waals surface area contributed by atoms with E-state index < -0.39 is 14.9 Å². The molecular weight excluding hydrogens is 468 g/mol. The molecule has 184 valence electrons. The zero-order chi connectivity index (χ0) is 25.2. The molecule has 0 fully saturated rings. The second-order valence-electron chi connectivity index (χ2n) is 8.55. The molecule has 0 unspecified atom stereocenters. The van der Waals surface area contributed by atoms with Crippen molar-refractivity contribution in [3.05, 3.63) is 64.0 Å². The predicted octanol–water partition coefficient (Wildman–Crippen LogP) is 4.09. The summed E-state index contributed by atoms with van der Waals surface area (Å²) in [6.45, 7) is 2.77. The Morgan fingerprint density at radius 1 is 1.06 bits per heavy atom. The third kappa shape index (κ3) is 5.10. The largest absolute Gasteiger partial charge is 0.382 e. The molecule has 4 aromatic rings. The quantitative estimate of drug-likeness (QED) is 0.190. The number of non-ortho nitro benzene ring substituents is 1. The molecule has 0 aliphatic rings. The van der Waals surface area contributed by atoms with Crippen molar-refractivity contribution in [1.29, 1.82) is 0 Å². The zero-order valence-corrected chi connectivity index (χ0v) is 20.3. The van der Waals surface area contributed by atoms with E-state index in [2.05, 4.69) is 16.5 Å². The van der Waals surface area contributed by atoms with Crippen LogP contribution < -0.4 is 10.9 Å². The number of hydrogen-bond acceptors (Lipinski definition) is 7. The molecule has 0 saturated carbocycles. The Hall–Kier alpha value is -3.57. The summed E-state index contributed by atoms with van der Waals surface area (Å²) < 4.78 is 26.1. The Bertz CT molecular complexity index is 1510. The smallest absolute Gasteiger partial charge is 0.269 e. The van der Waals surface area contributed by atoms with Crippen molar-refractivity contribution in [2.45, 2.75) is 56.9 Å². The molecule has 0 radical (unpaired) electrons. The summed E-state index contributed by atoms with van der Waals surface area (Å²) in [4.78, 5) is 19.9. The van der Waals surface area contributed by atoms with Crippen molar-refractivity contribution < 1.29 is 13.3 Å². The molecular formula is C24H28N6O4S. The third-order valence-electron chi connectivity index (χ3n) is 6.08. The van der Waals surface area contributed by atoms with E-state index in [4.69, 9.17) is 15.9 Å². The van der Waals surface area contributed by atoms with Crippen molar-refractivity contribution in [3.63, 3.8) is 0 Å². The lowest BCUT2D eigenvalue weighted by molar-refractivity contribution is -0.385. The van der Waals surface area contributed by atoms with Crippen LogP contribution in [0.3, 0.4) is 0 Å². The topological polar surface area (TPSA) is 160 Å². The Morgan fingerprint density at radius 3 is 2.54 bits per heavy atom. The van der Waals surface area contributed by atoms with Gasteiger partial charge >= 0.3 is 0 Å². The first-order valence-electron chi connectivity index (χ1n) is 11.5. The minimum atomic E-state index is -3.99. The van der Waals surface area contributed by atoms with Crippen LogP contribution in [-0.4, -0.2) is 27.9 Å². The monoisotopic (exact) mass is 496 g/mol. The molecule has 0 amide bonds. The molecule has 10 nitrogen and oxygen atoms in total. The van der Waals surface area contributed by atoms with Gasteiger partial charge in [-0.05, 0) is 43.4 Å². The second kappa shape index (κ2) is 9.96. The van der Waals surface area contributed by atoms with Gasteiger partial charge in [0.1, 0.15) is 11.3 Å². The summed E-state index contributed by atoms with van der Waals surface area (Å²) in [6, 6.07) is 11.5. The molecule has 4 N–H and O–H groups in total. The number of pyridine rings is 1. The number of nitro benzene ring substituents is 1. The van der Waals surface area contributed by atoms with E-state index in [1.807, 2.05) is 24.3 Å². The number of unbranched alkanes of at least 4 members (excludes halogenated alkanes) is 2. The van der Waals surface area contributed by atoms with Gasteiger partial charge in [-0.3, -0.25) is 10.1 Å². The Morgan fingerprint density at radius 2 is 1.83 bits per heavy atom. The second-order valence-corrected chi connectivity index (χ2v) is 10.1. The van der Waals surface area contributed by atoms with E-state index in [9.17, 15) is 18.5 Å². The van der Waals surface area contributed by atoms with Crippen LogP contribution in [0.2, 0.25) is 0 Å². The number of nitro groups is 1. The van der Waals surface area contributed by atoms with E-state index in [1.165, 1.54) is 12.1 Å². The highest BCUT2D eigenvalue weighted by Gasteiger charge is 2.19. The van der Waals surface area contributed by atoms with Gasteiger partial charge < -0.3 is 10.3 Å². The normalized spacial score (nSPS) is 11.9. The summed E-state index contributed by atoms with van der Waals surface area (Å²) >= 11 is 0. The molecule has 0 bridgehead atoms. The van der Waals surface area contributed by atoms with Crippen LogP contribution in [0.25, 0.3) is 21.9 Å². The van der Waals surface area contributed by atoms with Crippen LogP contribution in [0.4, 0.5) is 11.5 Å².